The zero-order chi connectivity index (χ0) is 20.3. The van der Waals surface area contributed by atoms with Crippen molar-refractivity contribution in [3.05, 3.63) is 63.7 Å². The minimum Gasteiger partial charge on any atom is -0.319 e. The van der Waals surface area contributed by atoms with Crippen LogP contribution < -0.4 is 5.32 Å². The number of benzene rings is 2. The van der Waals surface area contributed by atoms with E-state index < -0.39 is 10.2 Å². The van der Waals surface area contributed by atoms with E-state index in [4.69, 9.17) is 0 Å². The number of hydrogen-bond acceptors (Lipinski definition) is 7. The Labute approximate surface area is 165 Å². The Morgan fingerprint density at radius 1 is 1.18 bits per heavy atom. The fourth-order valence-corrected chi connectivity index (χ4v) is 3.51. The number of nitro groups is 1. The number of hydrogen-bond donors (Lipinski definition) is 1. The highest BCUT2D eigenvalue weighted by Gasteiger charge is 2.23. The van der Waals surface area contributed by atoms with Gasteiger partial charge in [-0.3, -0.25) is 14.9 Å². The van der Waals surface area contributed by atoms with Crippen molar-refractivity contribution in [1.82, 2.24) is 20.2 Å². The summed E-state index contributed by atoms with van der Waals surface area (Å²) >= 11 is 1.18. The van der Waals surface area contributed by atoms with Crippen LogP contribution in [0.25, 0.3) is 5.69 Å². The number of rotatable bonds is 6. The monoisotopic (exact) mass is 398 g/mol. The highest BCUT2D eigenvalue weighted by molar-refractivity contribution is 8.00. The number of nitrogens with zero attached hydrogens (tertiary/aromatic N) is 5. The molecule has 0 aliphatic rings. The average Bonchev–Trinajstić information content (AvgIpc) is 3.09. The van der Waals surface area contributed by atoms with Gasteiger partial charge in [-0.2, -0.15) is 4.68 Å². The SMILES string of the molecule is Cc1cccc(C)c1-n1nnnc1S[C@H](C)C(=O)Nc1ccccc1[N+](=O)[O-]. The molecule has 1 atom stereocenters. The van der Waals surface area contributed by atoms with E-state index in [1.165, 1.54) is 23.9 Å². The van der Waals surface area contributed by atoms with Gasteiger partial charge < -0.3 is 5.32 Å². The van der Waals surface area contributed by atoms with Crippen LogP contribution in [0.3, 0.4) is 0 Å². The number of amides is 1. The van der Waals surface area contributed by atoms with Crippen LogP contribution in [0.4, 0.5) is 11.4 Å². The zero-order valence-corrected chi connectivity index (χ0v) is 16.3. The summed E-state index contributed by atoms with van der Waals surface area (Å²) in [7, 11) is 0. The number of tetrazole rings is 1. The highest BCUT2D eigenvalue weighted by Crippen LogP contribution is 2.28. The van der Waals surface area contributed by atoms with Gasteiger partial charge in [0.1, 0.15) is 5.69 Å². The van der Waals surface area contributed by atoms with Gasteiger partial charge in [-0.15, -0.1) is 5.10 Å². The van der Waals surface area contributed by atoms with Crippen molar-refractivity contribution in [3.8, 4) is 5.69 Å². The van der Waals surface area contributed by atoms with E-state index in [0.29, 0.717) is 5.16 Å². The van der Waals surface area contributed by atoms with Crippen molar-refractivity contribution in [2.24, 2.45) is 0 Å². The topological polar surface area (TPSA) is 116 Å². The van der Waals surface area contributed by atoms with Gasteiger partial charge in [0, 0.05) is 6.07 Å². The van der Waals surface area contributed by atoms with E-state index in [1.54, 1.807) is 23.7 Å². The second-order valence-electron chi connectivity index (χ2n) is 6.14. The highest BCUT2D eigenvalue weighted by atomic mass is 32.2. The molecule has 1 N–H and O–H groups in total. The number of para-hydroxylation sites is 3. The first-order chi connectivity index (χ1) is 13.4. The predicted molar refractivity (Wildman–Crippen MR) is 106 cm³/mol. The van der Waals surface area contributed by atoms with Crippen LogP contribution in [0.2, 0.25) is 0 Å². The number of nitro benzene ring substituents is 1. The number of thioether (sulfide) groups is 1. The van der Waals surface area contributed by atoms with Gasteiger partial charge in [-0.25, -0.2) is 0 Å². The number of carbonyl (C=O) groups is 1. The standard InChI is InChI=1S/C18H18N6O3S/c1-11-7-6-8-12(2)16(11)23-18(20-21-22-23)28-13(3)17(25)19-14-9-4-5-10-15(14)24(26)27/h4-10,13H,1-3H3,(H,19,25)/t13-/m1/s1. The second-order valence-corrected chi connectivity index (χ2v) is 7.45. The van der Waals surface area contributed by atoms with Gasteiger partial charge in [-0.05, 0) is 48.4 Å². The fraction of sp³-hybridized carbons (Fsp3) is 0.222. The Kier molecular flexibility index (Phi) is 5.69. The zero-order valence-electron chi connectivity index (χ0n) is 15.5. The normalized spacial score (nSPS) is 11.8. The Bertz CT molecular complexity index is 1020. The van der Waals surface area contributed by atoms with E-state index in [0.717, 1.165) is 16.8 Å². The third-order valence-electron chi connectivity index (χ3n) is 4.10. The molecule has 1 aromatic heterocycles. The van der Waals surface area contributed by atoms with Gasteiger partial charge in [0.25, 0.3) is 5.69 Å². The molecule has 0 radical (unpaired) electrons. The van der Waals surface area contributed by atoms with Crippen molar-refractivity contribution < 1.29 is 9.72 Å². The molecule has 144 valence electrons. The van der Waals surface area contributed by atoms with E-state index in [-0.39, 0.29) is 17.3 Å². The van der Waals surface area contributed by atoms with Gasteiger partial charge >= 0.3 is 0 Å². The Balaban J connectivity index is 1.80. The summed E-state index contributed by atoms with van der Waals surface area (Å²) < 4.78 is 1.60. The second kappa shape index (κ2) is 8.17. The third-order valence-corrected chi connectivity index (χ3v) is 5.14. The number of nitrogens with one attached hydrogen (secondary N) is 1. The Hall–Kier alpha value is -3.27. The first-order valence-electron chi connectivity index (χ1n) is 8.44. The molecule has 0 fully saturated rings. The van der Waals surface area contributed by atoms with Crippen LogP contribution in [0.5, 0.6) is 0 Å². The number of aromatic nitrogens is 4. The minimum absolute atomic E-state index is 0.152. The van der Waals surface area contributed by atoms with Gasteiger partial charge in [0.05, 0.1) is 15.9 Å². The van der Waals surface area contributed by atoms with Crippen molar-refractivity contribution in [2.45, 2.75) is 31.2 Å². The molecule has 2 aromatic carbocycles. The first-order valence-corrected chi connectivity index (χ1v) is 9.32. The quantitative estimate of drug-likeness (QED) is 0.385. The summed E-state index contributed by atoms with van der Waals surface area (Å²) in [6, 6.07) is 11.9. The first kappa shape index (κ1) is 19.5. The summed E-state index contributed by atoms with van der Waals surface area (Å²) in [5.74, 6) is -0.379. The summed E-state index contributed by atoms with van der Waals surface area (Å²) in [5.41, 5.74) is 2.87. The van der Waals surface area contributed by atoms with Crippen molar-refractivity contribution in [2.75, 3.05) is 5.32 Å². The molecule has 3 rings (SSSR count). The Morgan fingerprint density at radius 3 is 2.54 bits per heavy atom. The van der Waals surface area contributed by atoms with Crippen LogP contribution >= 0.6 is 11.8 Å². The van der Waals surface area contributed by atoms with Crippen molar-refractivity contribution >= 4 is 29.0 Å². The van der Waals surface area contributed by atoms with E-state index in [2.05, 4.69) is 20.8 Å². The largest absolute Gasteiger partial charge is 0.319 e. The molecule has 1 amide bonds. The van der Waals surface area contributed by atoms with E-state index in [9.17, 15) is 14.9 Å². The molecule has 0 saturated heterocycles. The lowest BCUT2D eigenvalue weighted by molar-refractivity contribution is -0.383. The number of carbonyl (C=O) groups excluding carboxylic acids is 1. The molecule has 3 aromatic rings. The molecule has 0 bridgehead atoms. The molecule has 0 saturated carbocycles. The smallest absolute Gasteiger partial charge is 0.292 e. The van der Waals surface area contributed by atoms with Crippen LogP contribution in [-0.2, 0) is 4.79 Å². The fourth-order valence-electron chi connectivity index (χ4n) is 2.72. The van der Waals surface area contributed by atoms with Crippen LogP contribution in [0, 0.1) is 24.0 Å². The lowest BCUT2D eigenvalue weighted by atomic mass is 10.1. The molecule has 9 nitrogen and oxygen atoms in total. The average molecular weight is 398 g/mol. The third kappa shape index (κ3) is 4.01. The molecule has 0 spiro atoms. The predicted octanol–water partition coefficient (Wildman–Crippen LogP) is 3.31. The minimum atomic E-state index is -0.575. The summed E-state index contributed by atoms with van der Waals surface area (Å²) in [5, 5.41) is 25.4. The molecular formula is C18H18N6O3S. The van der Waals surface area contributed by atoms with E-state index >= 15 is 0 Å². The maximum absolute atomic E-state index is 12.6. The van der Waals surface area contributed by atoms with E-state index in [1.807, 2.05) is 32.0 Å². The van der Waals surface area contributed by atoms with Crippen molar-refractivity contribution in [3.63, 3.8) is 0 Å². The Morgan fingerprint density at radius 2 is 1.86 bits per heavy atom. The molecular weight excluding hydrogens is 380 g/mol. The molecule has 0 aliphatic carbocycles. The van der Waals surface area contributed by atoms with Gasteiger partial charge in [-0.1, -0.05) is 42.1 Å². The van der Waals surface area contributed by atoms with Crippen LogP contribution in [0.15, 0.2) is 47.6 Å². The maximum atomic E-state index is 12.6. The molecule has 0 aliphatic heterocycles. The molecule has 1 heterocycles. The summed E-state index contributed by atoms with van der Waals surface area (Å²) in [6.45, 7) is 5.62. The number of anilines is 1. The number of aryl methyl sites for hydroxylation is 2. The maximum Gasteiger partial charge on any atom is 0.292 e. The summed E-state index contributed by atoms with van der Waals surface area (Å²) in [6.07, 6.45) is 0. The van der Waals surface area contributed by atoms with Crippen LogP contribution in [-0.4, -0.2) is 36.3 Å². The van der Waals surface area contributed by atoms with Gasteiger partial charge in [0.2, 0.25) is 11.1 Å². The lowest BCUT2D eigenvalue weighted by Gasteiger charge is -2.13. The van der Waals surface area contributed by atoms with Crippen molar-refractivity contribution in [1.29, 1.82) is 0 Å². The molecule has 10 heteroatoms. The van der Waals surface area contributed by atoms with Gasteiger partial charge in [0.15, 0.2) is 0 Å². The molecule has 28 heavy (non-hydrogen) atoms. The molecule has 0 unspecified atom stereocenters. The summed E-state index contributed by atoms with van der Waals surface area (Å²) in [4.78, 5) is 23.1. The van der Waals surface area contributed by atoms with Crippen LogP contribution in [0.1, 0.15) is 18.1 Å². The lowest BCUT2D eigenvalue weighted by Crippen LogP contribution is -2.23.